The van der Waals surface area contributed by atoms with E-state index < -0.39 is 26.5 Å². The van der Waals surface area contributed by atoms with Crippen LogP contribution in [0.15, 0.2) is 52.3 Å². The van der Waals surface area contributed by atoms with Gasteiger partial charge in [-0.05, 0) is 23.6 Å². The molecule has 0 unspecified atom stereocenters. The van der Waals surface area contributed by atoms with Crippen LogP contribution in [0.5, 0.6) is 5.88 Å². The van der Waals surface area contributed by atoms with Crippen molar-refractivity contribution in [2.45, 2.75) is 4.90 Å². The van der Waals surface area contributed by atoms with Crippen molar-refractivity contribution in [3.63, 3.8) is 0 Å². The summed E-state index contributed by atoms with van der Waals surface area (Å²) in [5, 5.41) is 20.8. The molecule has 0 saturated heterocycles. The summed E-state index contributed by atoms with van der Waals surface area (Å²) in [6, 6.07) is 7.97. The van der Waals surface area contributed by atoms with Crippen LogP contribution in [-0.2, 0) is 10.0 Å². The van der Waals surface area contributed by atoms with Gasteiger partial charge in [0.1, 0.15) is 0 Å². The first-order valence-electron chi connectivity index (χ1n) is 6.24. The highest BCUT2D eigenvalue weighted by Crippen LogP contribution is 2.28. The molecule has 0 bridgehead atoms. The standard InChI is InChI=1S/C13H9N3O6S/c17-12-7-15(13(18)14-12)23(21,22)9-4-5-10-8(6-9)2-1-3-11(10)16(19)20/h1-7,17H,(H,14,18). The second kappa shape index (κ2) is 4.95. The lowest BCUT2D eigenvalue weighted by Crippen LogP contribution is -2.24. The predicted molar refractivity (Wildman–Crippen MR) is 79.9 cm³/mol. The van der Waals surface area contributed by atoms with Crippen LogP contribution in [0.1, 0.15) is 0 Å². The van der Waals surface area contributed by atoms with Crippen LogP contribution in [0, 0.1) is 10.1 Å². The average Bonchev–Trinajstić information content (AvgIpc) is 2.85. The molecule has 0 radical (unpaired) electrons. The van der Waals surface area contributed by atoms with Crippen LogP contribution in [0.4, 0.5) is 5.69 Å². The second-order valence-electron chi connectivity index (χ2n) is 4.66. The molecule has 2 N–H and O–H groups in total. The van der Waals surface area contributed by atoms with E-state index in [0.717, 1.165) is 6.20 Å². The molecule has 1 heterocycles. The summed E-state index contributed by atoms with van der Waals surface area (Å²) in [4.78, 5) is 23.7. The zero-order chi connectivity index (χ0) is 16.8. The number of nitrogens with one attached hydrogen (secondary N) is 1. The highest BCUT2D eigenvalue weighted by Gasteiger charge is 2.22. The van der Waals surface area contributed by atoms with Gasteiger partial charge in [0.15, 0.2) is 0 Å². The minimum Gasteiger partial charge on any atom is -0.493 e. The van der Waals surface area contributed by atoms with Crippen LogP contribution in [0.2, 0.25) is 0 Å². The Kier molecular flexibility index (Phi) is 3.18. The highest BCUT2D eigenvalue weighted by molar-refractivity contribution is 7.90. The van der Waals surface area contributed by atoms with Gasteiger partial charge in [0, 0.05) is 6.07 Å². The first kappa shape index (κ1) is 14.8. The monoisotopic (exact) mass is 335 g/mol. The molecule has 0 saturated carbocycles. The summed E-state index contributed by atoms with van der Waals surface area (Å²) in [7, 11) is -4.23. The van der Waals surface area contributed by atoms with Crippen molar-refractivity contribution in [3.8, 4) is 5.88 Å². The summed E-state index contributed by atoms with van der Waals surface area (Å²) < 4.78 is 25.2. The summed E-state index contributed by atoms with van der Waals surface area (Å²) in [5.41, 5.74) is -1.16. The van der Waals surface area contributed by atoms with Crippen molar-refractivity contribution in [2.24, 2.45) is 0 Å². The molecule has 23 heavy (non-hydrogen) atoms. The fraction of sp³-hybridized carbons (Fsp3) is 0. The van der Waals surface area contributed by atoms with Gasteiger partial charge in [-0.25, -0.2) is 13.2 Å². The number of hydrogen-bond acceptors (Lipinski definition) is 6. The van der Waals surface area contributed by atoms with Gasteiger partial charge in [-0.3, -0.25) is 15.1 Å². The lowest BCUT2D eigenvalue weighted by atomic mass is 10.1. The van der Waals surface area contributed by atoms with Crippen molar-refractivity contribution in [2.75, 3.05) is 0 Å². The van der Waals surface area contributed by atoms with E-state index in [1.807, 2.05) is 4.98 Å². The van der Waals surface area contributed by atoms with E-state index in [1.54, 1.807) is 0 Å². The van der Waals surface area contributed by atoms with Gasteiger partial charge in [0.2, 0.25) is 5.88 Å². The smallest absolute Gasteiger partial charge is 0.342 e. The molecular formula is C13H9N3O6S. The number of rotatable bonds is 3. The van der Waals surface area contributed by atoms with Crippen molar-refractivity contribution in [3.05, 3.63) is 63.2 Å². The summed E-state index contributed by atoms with van der Waals surface area (Å²) >= 11 is 0. The molecule has 3 aromatic rings. The van der Waals surface area contributed by atoms with E-state index in [2.05, 4.69) is 0 Å². The maximum atomic E-state index is 12.4. The van der Waals surface area contributed by atoms with Crippen LogP contribution in [-0.4, -0.2) is 27.4 Å². The number of nitro benzene ring substituents is 1. The maximum absolute atomic E-state index is 12.4. The van der Waals surface area contributed by atoms with E-state index in [0.29, 0.717) is 9.36 Å². The van der Waals surface area contributed by atoms with Gasteiger partial charge in [0.05, 0.1) is 21.4 Å². The number of nitro groups is 1. The van der Waals surface area contributed by atoms with Gasteiger partial charge in [0.25, 0.3) is 15.7 Å². The van der Waals surface area contributed by atoms with E-state index in [1.165, 1.54) is 36.4 Å². The highest BCUT2D eigenvalue weighted by atomic mass is 32.2. The Labute approximate surface area is 128 Å². The van der Waals surface area contributed by atoms with Crippen molar-refractivity contribution < 1.29 is 18.4 Å². The number of H-pyrrole nitrogens is 1. The maximum Gasteiger partial charge on any atom is 0.342 e. The number of aromatic nitrogens is 2. The molecular weight excluding hydrogens is 326 g/mol. The van der Waals surface area contributed by atoms with Crippen molar-refractivity contribution in [1.29, 1.82) is 0 Å². The fourth-order valence-corrected chi connectivity index (χ4v) is 3.47. The average molecular weight is 335 g/mol. The lowest BCUT2D eigenvalue weighted by molar-refractivity contribution is -0.383. The molecule has 10 heteroatoms. The SMILES string of the molecule is O=c1[nH]c(O)cn1S(=O)(=O)c1ccc2c([N+](=O)[O-])cccc2c1. The van der Waals surface area contributed by atoms with Crippen molar-refractivity contribution in [1.82, 2.24) is 8.96 Å². The number of fused-ring (bicyclic) bond motifs is 1. The zero-order valence-electron chi connectivity index (χ0n) is 11.3. The molecule has 118 valence electrons. The number of aromatic hydroxyl groups is 1. The molecule has 0 aliphatic heterocycles. The number of non-ortho nitro benzene ring substituents is 1. The Morgan fingerprint density at radius 3 is 2.57 bits per heavy atom. The van der Waals surface area contributed by atoms with E-state index in [-0.39, 0.29) is 16.0 Å². The number of imidazole rings is 1. The molecule has 0 aliphatic carbocycles. The quantitative estimate of drug-likeness (QED) is 0.545. The van der Waals surface area contributed by atoms with E-state index >= 15 is 0 Å². The summed E-state index contributed by atoms with van der Waals surface area (Å²) in [6.07, 6.45) is 0.745. The number of nitrogens with zero attached hydrogens (tertiary/aromatic N) is 2. The molecule has 0 spiro atoms. The largest absolute Gasteiger partial charge is 0.493 e. The van der Waals surface area contributed by atoms with Gasteiger partial charge in [-0.15, -0.1) is 0 Å². The Morgan fingerprint density at radius 1 is 1.22 bits per heavy atom. The number of aromatic amines is 1. The Balaban J connectivity index is 2.23. The molecule has 2 aromatic carbocycles. The van der Waals surface area contributed by atoms with Crippen LogP contribution in [0.25, 0.3) is 10.8 Å². The fourth-order valence-electron chi connectivity index (χ4n) is 2.22. The van der Waals surface area contributed by atoms with Gasteiger partial charge >= 0.3 is 5.69 Å². The van der Waals surface area contributed by atoms with Crippen LogP contribution < -0.4 is 5.69 Å². The number of hydrogen-bond donors (Lipinski definition) is 2. The normalized spacial score (nSPS) is 11.7. The van der Waals surface area contributed by atoms with Crippen LogP contribution >= 0.6 is 0 Å². The first-order valence-corrected chi connectivity index (χ1v) is 7.68. The molecule has 0 amide bonds. The lowest BCUT2D eigenvalue weighted by Gasteiger charge is -2.06. The van der Waals surface area contributed by atoms with Crippen LogP contribution in [0.3, 0.4) is 0 Å². The van der Waals surface area contributed by atoms with Crippen molar-refractivity contribution >= 4 is 26.5 Å². The predicted octanol–water partition coefficient (Wildman–Crippen LogP) is 1.18. The third-order valence-corrected chi connectivity index (χ3v) is 4.90. The Hall–Kier alpha value is -3.14. The minimum absolute atomic E-state index is 0.150. The Morgan fingerprint density at radius 2 is 1.96 bits per heavy atom. The topological polar surface area (TPSA) is 135 Å². The third-order valence-electron chi connectivity index (χ3n) is 3.26. The number of benzene rings is 2. The summed E-state index contributed by atoms with van der Waals surface area (Å²) in [5.74, 6) is -0.588. The van der Waals surface area contributed by atoms with Gasteiger partial charge < -0.3 is 5.11 Å². The first-order chi connectivity index (χ1) is 10.8. The Bertz CT molecular complexity index is 1100. The molecule has 1 aromatic heterocycles. The summed E-state index contributed by atoms with van der Waals surface area (Å²) in [6.45, 7) is 0. The van der Waals surface area contributed by atoms with Gasteiger partial charge in [-0.1, -0.05) is 12.1 Å². The molecule has 0 atom stereocenters. The van der Waals surface area contributed by atoms with Gasteiger partial charge in [-0.2, -0.15) is 3.97 Å². The molecule has 0 aliphatic rings. The molecule has 3 rings (SSSR count). The molecule has 9 nitrogen and oxygen atoms in total. The second-order valence-corrected chi connectivity index (χ2v) is 6.48. The van der Waals surface area contributed by atoms with E-state index in [9.17, 15) is 28.4 Å². The molecule has 0 fully saturated rings. The zero-order valence-corrected chi connectivity index (χ0v) is 12.1. The third kappa shape index (κ3) is 2.34. The van der Waals surface area contributed by atoms with E-state index in [4.69, 9.17) is 0 Å². The minimum atomic E-state index is -4.23.